The van der Waals surface area contributed by atoms with Crippen molar-refractivity contribution >= 4 is 29.9 Å². The van der Waals surface area contributed by atoms with Crippen molar-refractivity contribution in [2.24, 2.45) is 10.9 Å². The largest absolute Gasteiger partial charge is 0.479 e. The van der Waals surface area contributed by atoms with Gasteiger partial charge in [-0.25, -0.2) is 23.6 Å². The van der Waals surface area contributed by atoms with Crippen LogP contribution in [0.3, 0.4) is 0 Å². The summed E-state index contributed by atoms with van der Waals surface area (Å²) in [6.07, 6.45) is -0.902. The van der Waals surface area contributed by atoms with Crippen LogP contribution in [0.25, 0.3) is 0 Å². The number of halogens is 3. The van der Waals surface area contributed by atoms with Crippen molar-refractivity contribution in [3.63, 3.8) is 0 Å². The zero-order valence-electron chi connectivity index (χ0n) is 23.3. The lowest BCUT2D eigenvalue weighted by molar-refractivity contribution is -0.142. The number of anilines is 1. The van der Waals surface area contributed by atoms with Gasteiger partial charge in [-0.3, -0.25) is 19.8 Å². The fourth-order valence-electron chi connectivity index (χ4n) is 4.67. The fourth-order valence-corrected chi connectivity index (χ4v) is 4.67. The Balaban J connectivity index is 1.83. The maximum absolute atomic E-state index is 15.3. The third-order valence-corrected chi connectivity index (χ3v) is 6.44. The molecule has 1 unspecified atom stereocenters. The third kappa shape index (κ3) is 5.88. The molecule has 0 radical (unpaired) electrons. The molecule has 4 rings (SSSR count). The van der Waals surface area contributed by atoms with Crippen LogP contribution in [0.4, 0.5) is 23.9 Å². The molecule has 1 aromatic heterocycles. The van der Waals surface area contributed by atoms with E-state index >= 15 is 4.39 Å². The molecule has 2 aromatic rings. The number of fused-ring (bicyclic) bond motifs is 1. The number of nitrogens with one attached hydrogen (secondary N) is 1. The Morgan fingerprint density at radius 3 is 2.51 bits per heavy atom. The highest BCUT2D eigenvalue weighted by Gasteiger charge is 2.57. The first-order valence-corrected chi connectivity index (χ1v) is 12.5. The number of benzene rings is 1. The van der Waals surface area contributed by atoms with Crippen LogP contribution in [0.5, 0.6) is 5.88 Å². The predicted octanol–water partition coefficient (Wildman–Crippen LogP) is 2.65. The van der Waals surface area contributed by atoms with Gasteiger partial charge in [0, 0.05) is 32.1 Å². The molecule has 0 saturated carbocycles. The van der Waals surface area contributed by atoms with E-state index in [2.05, 4.69) is 20.3 Å². The van der Waals surface area contributed by atoms with E-state index in [1.165, 1.54) is 25.1 Å². The second kappa shape index (κ2) is 10.9. The van der Waals surface area contributed by atoms with Gasteiger partial charge in [-0.15, -0.1) is 0 Å². The van der Waals surface area contributed by atoms with Crippen molar-refractivity contribution in [2.45, 2.75) is 45.4 Å². The first-order chi connectivity index (χ1) is 19.1. The van der Waals surface area contributed by atoms with Crippen LogP contribution in [0.15, 0.2) is 23.2 Å². The summed E-state index contributed by atoms with van der Waals surface area (Å²) in [6, 6.07) is 2.87. The number of aromatic nitrogens is 2. The number of carbonyl (C=O) groups excluding carboxylic acids is 3. The summed E-state index contributed by atoms with van der Waals surface area (Å²) in [7, 11) is 2.56. The van der Waals surface area contributed by atoms with Crippen LogP contribution in [0.1, 0.15) is 39.0 Å². The molecule has 0 aliphatic carbocycles. The molecule has 0 bridgehead atoms. The maximum atomic E-state index is 15.3. The van der Waals surface area contributed by atoms with Gasteiger partial charge in [-0.1, -0.05) is 6.07 Å². The number of guanidine groups is 1. The predicted molar refractivity (Wildman–Crippen MR) is 137 cm³/mol. The van der Waals surface area contributed by atoms with Crippen LogP contribution in [-0.2, 0) is 31.2 Å². The zero-order chi connectivity index (χ0) is 30.3. The second-order valence-electron chi connectivity index (χ2n) is 10.5. The topological polar surface area (TPSA) is 136 Å². The Hall–Kier alpha value is -4.43. The molecule has 3 heterocycles. The van der Waals surface area contributed by atoms with Crippen LogP contribution in [0, 0.1) is 23.4 Å². The lowest BCUT2D eigenvalue weighted by atomic mass is 9.79. The number of ether oxygens (including phenoxy) is 3. The molecule has 15 heteroatoms. The van der Waals surface area contributed by atoms with E-state index in [1.54, 1.807) is 20.8 Å². The van der Waals surface area contributed by atoms with E-state index < -0.39 is 65.0 Å². The summed E-state index contributed by atoms with van der Waals surface area (Å²) in [5, 5.41) is 2.44. The molecule has 2 aliphatic heterocycles. The van der Waals surface area contributed by atoms with Gasteiger partial charge >= 0.3 is 12.1 Å². The van der Waals surface area contributed by atoms with E-state index in [0.29, 0.717) is 6.07 Å². The molecular formula is C26H29F3N6O6. The number of aliphatic imine (C=N–C) groups is 1. The monoisotopic (exact) mass is 578 g/mol. The first-order valence-electron chi connectivity index (χ1n) is 12.5. The molecule has 1 saturated heterocycles. The average molecular weight is 579 g/mol. The zero-order valence-corrected chi connectivity index (χ0v) is 23.3. The van der Waals surface area contributed by atoms with E-state index in [9.17, 15) is 23.2 Å². The SMILES string of the molecule is COc1nc(N2CC3C(=O)N(C)C(NC(=O)OC(C)(C)C)=N[C@@]3(c3ccc(F)cc3F)C2)nc(COC(C)=O)c1F. The smallest absolute Gasteiger partial charge is 0.414 e. The summed E-state index contributed by atoms with van der Waals surface area (Å²) in [5.74, 6) is -5.84. The molecule has 2 aliphatic rings. The number of amides is 2. The van der Waals surface area contributed by atoms with Gasteiger partial charge in [-0.2, -0.15) is 9.37 Å². The minimum Gasteiger partial charge on any atom is -0.479 e. The Morgan fingerprint density at radius 1 is 1.20 bits per heavy atom. The summed E-state index contributed by atoms with van der Waals surface area (Å²) in [4.78, 5) is 53.0. The Kier molecular flexibility index (Phi) is 7.83. The quantitative estimate of drug-likeness (QED) is 0.531. The lowest BCUT2D eigenvalue weighted by Gasteiger charge is -2.38. The minimum atomic E-state index is -1.69. The number of carbonyl (C=O) groups is 3. The van der Waals surface area contributed by atoms with Crippen LogP contribution in [-0.4, -0.2) is 71.6 Å². The highest BCUT2D eigenvalue weighted by atomic mass is 19.1. The summed E-state index contributed by atoms with van der Waals surface area (Å²) in [6.45, 7) is 5.22. The van der Waals surface area contributed by atoms with Crippen LogP contribution >= 0.6 is 0 Å². The average Bonchev–Trinajstić information content (AvgIpc) is 3.25. The van der Waals surface area contributed by atoms with Crippen LogP contribution < -0.4 is 15.0 Å². The molecule has 1 fully saturated rings. The van der Waals surface area contributed by atoms with Gasteiger partial charge in [0.2, 0.25) is 23.6 Å². The van der Waals surface area contributed by atoms with E-state index in [1.807, 2.05) is 0 Å². The normalized spacial score (nSPS) is 20.4. The van der Waals surface area contributed by atoms with Gasteiger partial charge in [0.1, 0.15) is 35.1 Å². The van der Waals surface area contributed by atoms with Gasteiger partial charge in [-0.05, 0) is 26.8 Å². The highest BCUT2D eigenvalue weighted by molar-refractivity contribution is 6.06. The summed E-state index contributed by atoms with van der Waals surface area (Å²) < 4.78 is 59.3. The Morgan fingerprint density at radius 2 is 1.90 bits per heavy atom. The highest BCUT2D eigenvalue weighted by Crippen LogP contribution is 2.46. The van der Waals surface area contributed by atoms with Crippen molar-refractivity contribution in [3.8, 4) is 5.88 Å². The third-order valence-electron chi connectivity index (χ3n) is 6.44. The number of methoxy groups -OCH3 is 1. The molecule has 1 N–H and O–H groups in total. The van der Waals surface area contributed by atoms with Gasteiger partial charge in [0.15, 0.2) is 0 Å². The summed E-state index contributed by atoms with van der Waals surface area (Å²) in [5.41, 5.74) is -2.96. The minimum absolute atomic E-state index is 0.117. The number of esters is 1. The first kappa shape index (κ1) is 29.6. The van der Waals surface area contributed by atoms with Crippen LogP contribution in [0.2, 0.25) is 0 Å². The van der Waals surface area contributed by atoms with E-state index in [4.69, 9.17) is 14.2 Å². The van der Waals surface area contributed by atoms with E-state index in [0.717, 1.165) is 17.9 Å². The van der Waals surface area contributed by atoms with Gasteiger partial charge < -0.3 is 19.1 Å². The molecular weight excluding hydrogens is 549 g/mol. The van der Waals surface area contributed by atoms with Gasteiger partial charge in [0.25, 0.3) is 5.88 Å². The van der Waals surface area contributed by atoms with Crippen molar-refractivity contribution in [2.75, 3.05) is 32.1 Å². The number of hydrogen-bond acceptors (Lipinski definition) is 10. The Labute approximate surface area is 233 Å². The number of rotatable bonds is 5. The molecule has 2 atom stereocenters. The molecule has 1 aromatic carbocycles. The lowest BCUT2D eigenvalue weighted by Crippen LogP contribution is -2.57. The van der Waals surface area contributed by atoms with Gasteiger partial charge in [0.05, 0.1) is 19.6 Å². The second-order valence-corrected chi connectivity index (χ2v) is 10.5. The van der Waals surface area contributed by atoms with Crippen molar-refractivity contribution in [1.29, 1.82) is 0 Å². The number of hydrogen-bond donors (Lipinski definition) is 1. The fraction of sp³-hybridized carbons (Fsp3) is 0.462. The van der Waals surface area contributed by atoms with Crippen molar-refractivity contribution in [1.82, 2.24) is 20.2 Å². The standard InChI is InChI=1S/C26H29F3N6O6/c1-13(36)40-11-18-19(29)20(39-6)31-22(30-18)35-10-16-21(37)34(5)23(32-24(38)41-25(2,3)4)33-26(16,12-35)15-8-7-14(27)9-17(15)28/h7-9,16H,10-12H2,1-6H3,(H,32,33,38)/t16?,26-/m1/s1. The van der Waals surface area contributed by atoms with E-state index in [-0.39, 0.29) is 36.3 Å². The summed E-state index contributed by atoms with van der Waals surface area (Å²) >= 11 is 0. The Bertz CT molecular complexity index is 1430. The van der Waals surface area contributed by atoms with Crippen molar-refractivity contribution in [3.05, 3.63) is 46.9 Å². The van der Waals surface area contributed by atoms with Crippen molar-refractivity contribution < 1.29 is 41.8 Å². The molecule has 220 valence electrons. The molecule has 12 nitrogen and oxygen atoms in total. The maximum Gasteiger partial charge on any atom is 0.414 e. The molecule has 2 amide bonds. The number of alkyl carbamates (subject to hydrolysis) is 1. The molecule has 41 heavy (non-hydrogen) atoms. The number of nitrogens with zero attached hydrogens (tertiary/aromatic N) is 5. The molecule has 0 spiro atoms.